The third kappa shape index (κ3) is 2.63. The van der Waals surface area contributed by atoms with Crippen molar-refractivity contribution in [3.63, 3.8) is 0 Å². The highest BCUT2D eigenvalue weighted by Gasteiger charge is 2.39. The van der Waals surface area contributed by atoms with Crippen LogP contribution in [0.1, 0.15) is 42.5 Å². The first-order valence-electron chi connectivity index (χ1n) is 5.64. The molecular weight excluding hydrogens is 249 g/mol. The Kier molecular flexibility index (Phi) is 3.20. The van der Waals surface area contributed by atoms with Crippen LogP contribution in [0.2, 0.25) is 0 Å². The molecular formula is C11H15F3N2S. The molecule has 1 aromatic rings. The van der Waals surface area contributed by atoms with Gasteiger partial charge in [0.25, 0.3) is 0 Å². The van der Waals surface area contributed by atoms with Crippen LogP contribution in [0, 0.1) is 5.92 Å². The summed E-state index contributed by atoms with van der Waals surface area (Å²) in [5.41, 5.74) is 5.60. The molecule has 2 nitrogen and oxygen atoms in total. The SMILES string of the molecule is CC1CCC(N)(c2cnc(C(F)(F)F)s2)CC1. The number of halogens is 3. The van der Waals surface area contributed by atoms with Crippen molar-refractivity contribution in [2.75, 3.05) is 0 Å². The average molecular weight is 264 g/mol. The van der Waals surface area contributed by atoms with Crippen LogP contribution in [-0.2, 0) is 11.7 Å². The molecule has 0 amide bonds. The third-order valence-electron chi connectivity index (χ3n) is 3.41. The summed E-state index contributed by atoms with van der Waals surface area (Å²) in [5.74, 6) is 0.613. The largest absolute Gasteiger partial charge is 0.443 e. The quantitative estimate of drug-likeness (QED) is 0.842. The summed E-state index contributed by atoms with van der Waals surface area (Å²) in [4.78, 5) is 4.01. The van der Waals surface area contributed by atoms with Crippen LogP contribution in [0.3, 0.4) is 0 Å². The Hall–Kier alpha value is -0.620. The summed E-state index contributed by atoms with van der Waals surface area (Å²) in [5, 5.41) is -0.795. The molecule has 0 unspecified atom stereocenters. The third-order valence-corrected chi connectivity index (χ3v) is 4.67. The van der Waals surface area contributed by atoms with Crippen LogP contribution in [0.15, 0.2) is 6.20 Å². The Balaban J connectivity index is 2.20. The molecule has 1 saturated carbocycles. The van der Waals surface area contributed by atoms with Gasteiger partial charge in [-0.3, -0.25) is 0 Å². The number of thiazole rings is 1. The molecule has 1 heterocycles. The van der Waals surface area contributed by atoms with E-state index in [4.69, 9.17) is 5.73 Å². The maximum atomic E-state index is 12.5. The van der Waals surface area contributed by atoms with Gasteiger partial charge in [0.2, 0.25) is 0 Å². The van der Waals surface area contributed by atoms with Crippen LogP contribution in [0.4, 0.5) is 13.2 Å². The van der Waals surface area contributed by atoms with Crippen LogP contribution in [-0.4, -0.2) is 4.98 Å². The predicted octanol–water partition coefficient (Wildman–Crippen LogP) is 3.53. The molecule has 0 saturated heterocycles. The van der Waals surface area contributed by atoms with E-state index in [0.717, 1.165) is 25.7 Å². The first kappa shape index (κ1) is 12.8. The fraction of sp³-hybridized carbons (Fsp3) is 0.727. The fourth-order valence-corrected chi connectivity index (χ4v) is 3.10. The number of nitrogens with zero attached hydrogens (tertiary/aromatic N) is 1. The van der Waals surface area contributed by atoms with Crippen molar-refractivity contribution in [3.8, 4) is 0 Å². The van der Waals surface area contributed by atoms with Crippen LogP contribution in [0.25, 0.3) is 0 Å². The van der Waals surface area contributed by atoms with Crippen molar-refractivity contribution >= 4 is 11.3 Å². The van der Waals surface area contributed by atoms with Crippen LogP contribution >= 0.6 is 11.3 Å². The second-order valence-electron chi connectivity index (χ2n) is 4.87. The molecule has 0 spiro atoms. The first-order valence-corrected chi connectivity index (χ1v) is 6.45. The lowest BCUT2D eigenvalue weighted by Gasteiger charge is -2.35. The van der Waals surface area contributed by atoms with Crippen LogP contribution in [0.5, 0.6) is 0 Å². The van der Waals surface area contributed by atoms with Crippen LogP contribution < -0.4 is 5.73 Å². The molecule has 1 aromatic heterocycles. The Morgan fingerprint density at radius 3 is 2.47 bits per heavy atom. The lowest BCUT2D eigenvalue weighted by Crippen LogP contribution is -2.39. The molecule has 0 radical (unpaired) electrons. The van der Waals surface area contributed by atoms with E-state index in [0.29, 0.717) is 22.1 Å². The van der Waals surface area contributed by atoms with E-state index in [1.54, 1.807) is 0 Å². The topological polar surface area (TPSA) is 38.9 Å². The van der Waals surface area contributed by atoms with Gasteiger partial charge in [0.15, 0.2) is 5.01 Å². The van der Waals surface area contributed by atoms with Gasteiger partial charge in [-0.1, -0.05) is 6.92 Å². The van der Waals surface area contributed by atoms with E-state index in [1.807, 2.05) is 0 Å². The minimum Gasteiger partial charge on any atom is -0.321 e. The summed E-state index contributed by atoms with van der Waals surface area (Å²) in [6, 6.07) is 0. The highest BCUT2D eigenvalue weighted by molar-refractivity contribution is 7.11. The number of hydrogen-bond donors (Lipinski definition) is 1. The van der Waals surface area contributed by atoms with Gasteiger partial charge in [0, 0.05) is 11.1 Å². The summed E-state index contributed by atoms with van der Waals surface area (Å²) in [6.45, 7) is 2.15. The molecule has 1 aliphatic rings. The zero-order valence-electron chi connectivity index (χ0n) is 9.55. The van der Waals surface area contributed by atoms with E-state index in [2.05, 4.69) is 11.9 Å². The maximum absolute atomic E-state index is 12.5. The lowest BCUT2D eigenvalue weighted by molar-refractivity contribution is -0.137. The number of nitrogens with two attached hydrogens (primary N) is 1. The average Bonchev–Trinajstić information content (AvgIpc) is 2.72. The van der Waals surface area contributed by atoms with Gasteiger partial charge < -0.3 is 5.73 Å². The zero-order valence-corrected chi connectivity index (χ0v) is 10.4. The number of aromatic nitrogens is 1. The maximum Gasteiger partial charge on any atom is 0.443 e. The summed E-state index contributed by atoms with van der Waals surface area (Å²) in [7, 11) is 0. The smallest absolute Gasteiger partial charge is 0.321 e. The summed E-state index contributed by atoms with van der Waals surface area (Å²) < 4.78 is 37.4. The van der Waals surface area contributed by atoms with Gasteiger partial charge in [-0.2, -0.15) is 13.2 Å². The second kappa shape index (κ2) is 4.24. The number of alkyl halides is 3. The molecule has 1 fully saturated rings. The van der Waals surface area contributed by atoms with Crippen molar-refractivity contribution in [2.24, 2.45) is 11.7 Å². The van der Waals surface area contributed by atoms with Gasteiger partial charge in [0.05, 0.1) is 5.54 Å². The standard InChI is InChI=1S/C11H15F3N2S/c1-7-2-4-10(15,5-3-7)8-6-16-9(17-8)11(12,13)14/h6-7H,2-5,15H2,1H3. The number of rotatable bonds is 1. The van der Waals surface area contributed by atoms with E-state index in [1.165, 1.54) is 6.20 Å². The Morgan fingerprint density at radius 2 is 2.00 bits per heavy atom. The molecule has 2 rings (SSSR count). The Labute approximate surface area is 102 Å². The zero-order chi connectivity index (χ0) is 12.7. The Morgan fingerprint density at radius 1 is 1.41 bits per heavy atom. The molecule has 0 aromatic carbocycles. The molecule has 0 atom stereocenters. The molecule has 0 aliphatic heterocycles. The van der Waals surface area contributed by atoms with Crippen molar-refractivity contribution in [2.45, 2.75) is 44.3 Å². The fourth-order valence-electron chi connectivity index (χ4n) is 2.16. The molecule has 1 aliphatic carbocycles. The molecule has 17 heavy (non-hydrogen) atoms. The first-order chi connectivity index (χ1) is 7.81. The van der Waals surface area contributed by atoms with E-state index < -0.39 is 16.7 Å². The van der Waals surface area contributed by atoms with E-state index in [9.17, 15) is 13.2 Å². The molecule has 6 heteroatoms. The van der Waals surface area contributed by atoms with E-state index >= 15 is 0 Å². The summed E-state index contributed by atoms with van der Waals surface area (Å²) in [6.07, 6.45) is 0.359. The normalized spacial score (nSPS) is 30.5. The monoisotopic (exact) mass is 264 g/mol. The van der Waals surface area contributed by atoms with Gasteiger partial charge in [-0.25, -0.2) is 4.98 Å². The molecule has 0 bridgehead atoms. The predicted molar refractivity (Wildman–Crippen MR) is 60.6 cm³/mol. The van der Waals surface area contributed by atoms with Crippen molar-refractivity contribution in [3.05, 3.63) is 16.1 Å². The van der Waals surface area contributed by atoms with Gasteiger partial charge in [0.1, 0.15) is 0 Å². The summed E-state index contributed by atoms with van der Waals surface area (Å²) >= 11 is 0.685. The minimum atomic E-state index is -4.36. The lowest BCUT2D eigenvalue weighted by atomic mass is 9.77. The highest BCUT2D eigenvalue weighted by atomic mass is 32.1. The van der Waals surface area contributed by atoms with Crippen molar-refractivity contribution in [1.29, 1.82) is 0 Å². The highest BCUT2D eigenvalue weighted by Crippen LogP contribution is 2.42. The van der Waals surface area contributed by atoms with Gasteiger partial charge in [-0.15, -0.1) is 11.3 Å². The molecule has 96 valence electrons. The van der Waals surface area contributed by atoms with Crippen molar-refractivity contribution < 1.29 is 13.2 Å². The van der Waals surface area contributed by atoms with Gasteiger partial charge >= 0.3 is 6.18 Å². The molecule has 2 N–H and O–H groups in total. The van der Waals surface area contributed by atoms with E-state index in [-0.39, 0.29) is 0 Å². The van der Waals surface area contributed by atoms with Crippen molar-refractivity contribution in [1.82, 2.24) is 4.98 Å². The minimum absolute atomic E-state index is 0.566. The van der Waals surface area contributed by atoms with Gasteiger partial charge in [-0.05, 0) is 31.6 Å². The Bertz CT molecular complexity index is 392. The number of hydrogen-bond acceptors (Lipinski definition) is 3. The second-order valence-corrected chi connectivity index (χ2v) is 5.90.